The maximum atomic E-state index is 11.4. The van der Waals surface area contributed by atoms with Crippen molar-refractivity contribution in [1.29, 1.82) is 0 Å². The van der Waals surface area contributed by atoms with Crippen LogP contribution in [-0.2, 0) is 13.0 Å². The summed E-state index contributed by atoms with van der Waals surface area (Å²) in [5.41, 5.74) is 6.54. The number of aliphatic imine (C=N–C) groups is 1. The summed E-state index contributed by atoms with van der Waals surface area (Å²) in [6.07, 6.45) is 3.30. The summed E-state index contributed by atoms with van der Waals surface area (Å²) in [5, 5.41) is 9.36. The zero-order chi connectivity index (χ0) is 17.4. The number of benzene rings is 2. The zero-order valence-corrected chi connectivity index (χ0v) is 14.5. The minimum absolute atomic E-state index is 0.288. The monoisotopic (exact) mass is 334 g/mol. The summed E-state index contributed by atoms with van der Waals surface area (Å²) in [4.78, 5) is 18.6. The molecule has 0 unspecified atom stereocenters. The predicted octanol–water partition coefficient (Wildman–Crippen LogP) is 3.97. The molecule has 128 valence electrons. The molecule has 1 N–H and O–H groups in total. The lowest BCUT2D eigenvalue weighted by Crippen LogP contribution is -2.18. The Kier molecular flexibility index (Phi) is 4.14. The highest BCUT2D eigenvalue weighted by atomic mass is 16.4. The van der Waals surface area contributed by atoms with Crippen LogP contribution in [0.15, 0.2) is 41.4 Å². The molecule has 0 saturated carbocycles. The molecule has 0 aliphatic carbocycles. The Balaban J connectivity index is 1.61. The number of aryl methyl sites for hydroxylation is 1. The molecule has 0 spiro atoms. The number of rotatable bonds is 4. The molecule has 1 fully saturated rings. The molecule has 2 aliphatic rings. The second-order valence-electron chi connectivity index (χ2n) is 6.99. The first-order chi connectivity index (χ1) is 12.1. The first-order valence-corrected chi connectivity index (χ1v) is 8.87. The third kappa shape index (κ3) is 3.10. The normalized spacial score (nSPS) is 16.8. The Bertz CT molecular complexity index is 864. The number of aromatic carboxylic acids is 1. The number of carbonyl (C=O) groups is 1. The molecule has 1 saturated heterocycles. The number of carboxylic acids is 1. The van der Waals surface area contributed by atoms with Crippen molar-refractivity contribution in [2.45, 2.75) is 32.7 Å². The van der Waals surface area contributed by atoms with Crippen molar-refractivity contribution < 1.29 is 9.90 Å². The first-order valence-electron chi connectivity index (χ1n) is 8.87. The van der Waals surface area contributed by atoms with E-state index in [4.69, 9.17) is 0 Å². The van der Waals surface area contributed by atoms with E-state index in [2.05, 4.69) is 35.0 Å². The highest BCUT2D eigenvalue weighted by Crippen LogP contribution is 2.33. The van der Waals surface area contributed by atoms with Gasteiger partial charge < -0.3 is 5.11 Å². The summed E-state index contributed by atoms with van der Waals surface area (Å²) >= 11 is 0. The molecular formula is C21H22N2O2. The van der Waals surface area contributed by atoms with Crippen LogP contribution in [-0.4, -0.2) is 34.8 Å². The lowest BCUT2D eigenvalue weighted by molar-refractivity contribution is 0.0698. The molecule has 4 rings (SSSR count). The first kappa shape index (κ1) is 16.0. The number of carboxylic acid groups (broad SMARTS) is 1. The maximum Gasteiger partial charge on any atom is 0.337 e. The zero-order valence-electron chi connectivity index (χ0n) is 14.5. The Morgan fingerprint density at radius 2 is 2.00 bits per heavy atom. The third-order valence-electron chi connectivity index (χ3n) is 5.16. The molecular weight excluding hydrogens is 312 g/mol. The lowest BCUT2D eigenvalue weighted by atomic mass is 9.97. The SMILES string of the molecule is Cc1cc(CN2CCCC2)ccc1C1=Nc2c(cccc2C(=O)O)C1. The highest BCUT2D eigenvalue weighted by molar-refractivity contribution is 6.10. The van der Waals surface area contributed by atoms with Gasteiger partial charge in [-0.1, -0.05) is 30.3 Å². The van der Waals surface area contributed by atoms with Gasteiger partial charge >= 0.3 is 5.97 Å². The number of likely N-dealkylation sites (tertiary alicyclic amines) is 1. The van der Waals surface area contributed by atoms with Gasteiger partial charge in [-0.05, 0) is 61.2 Å². The van der Waals surface area contributed by atoms with E-state index in [0.29, 0.717) is 12.1 Å². The van der Waals surface area contributed by atoms with E-state index in [1.807, 2.05) is 6.07 Å². The van der Waals surface area contributed by atoms with E-state index in [1.54, 1.807) is 12.1 Å². The molecule has 4 nitrogen and oxygen atoms in total. The number of hydrogen-bond acceptors (Lipinski definition) is 3. The van der Waals surface area contributed by atoms with Gasteiger partial charge in [-0.25, -0.2) is 4.79 Å². The lowest BCUT2D eigenvalue weighted by Gasteiger charge is -2.16. The molecule has 0 atom stereocenters. The third-order valence-corrected chi connectivity index (χ3v) is 5.16. The number of fused-ring (bicyclic) bond motifs is 1. The van der Waals surface area contributed by atoms with Crippen molar-refractivity contribution in [3.05, 3.63) is 64.2 Å². The minimum Gasteiger partial charge on any atom is -0.478 e. The van der Waals surface area contributed by atoms with Gasteiger partial charge in [0.15, 0.2) is 0 Å². The van der Waals surface area contributed by atoms with Crippen LogP contribution < -0.4 is 0 Å². The van der Waals surface area contributed by atoms with Crippen LogP contribution >= 0.6 is 0 Å². The minimum atomic E-state index is -0.917. The van der Waals surface area contributed by atoms with Crippen LogP contribution in [0.3, 0.4) is 0 Å². The van der Waals surface area contributed by atoms with Crippen molar-refractivity contribution in [2.24, 2.45) is 4.99 Å². The van der Waals surface area contributed by atoms with E-state index in [0.717, 1.165) is 23.4 Å². The quantitative estimate of drug-likeness (QED) is 0.920. The molecule has 2 aromatic rings. The summed E-state index contributed by atoms with van der Waals surface area (Å²) in [7, 11) is 0. The molecule has 2 aliphatic heterocycles. The number of hydrogen-bond donors (Lipinski definition) is 1. The van der Waals surface area contributed by atoms with Crippen molar-refractivity contribution in [1.82, 2.24) is 4.90 Å². The second-order valence-corrected chi connectivity index (χ2v) is 6.99. The van der Waals surface area contributed by atoms with E-state index < -0.39 is 5.97 Å². The Morgan fingerprint density at radius 1 is 1.20 bits per heavy atom. The van der Waals surface area contributed by atoms with Gasteiger partial charge in [0, 0.05) is 13.0 Å². The van der Waals surface area contributed by atoms with Gasteiger partial charge in [-0.15, -0.1) is 0 Å². The average molecular weight is 334 g/mol. The van der Waals surface area contributed by atoms with Crippen LogP contribution in [0.2, 0.25) is 0 Å². The standard InChI is InChI=1S/C21H22N2O2/c1-14-11-15(13-23-9-2-3-10-23)7-8-17(14)19-12-16-5-4-6-18(21(24)25)20(16)22-19/h4-8,11H,2-3,9-10,12-13H2,1H3,(H,24,25). The maximum absolute atomic E-state index is 11.4. The van der Waals surface area contributed by atoms with Crippen LogP contribution in [0.25, 0.3) is 0 Å². The fourth-order valence-corrected chi connectivity index (χ4v) is 3.90. The molecule has 0 bridgehead atoms. The van der Waals surface area contributed by atoms with Crippen molar-refractivity contribution >= 4 is 17.4 Å². The van der Waals surface area contributed by atoms with E-state index in [1.165, 1.54) is 37.1 Å². The highest BCUT2D eigenvalue weighted by Gasteiger charge is 2.22. The number of nitrogens with zero attached hydrogens (tertiary/aromatic N) is 2. The summed E-state index contributed by atoms with van der Waals surface area (Å²) < 4.78 is 0. The average Bonchev–Trinajstić information content (AvgIpc) is 3.23. The van der Waals surface area contributed by atoms with Crippen LogP contribution in [0.5, 0.6) is 0 Å². The van der Waals surface area contributed by atoms with E-state index in [9.17, 15) is 9.90 Å². The molecule has 4 heteroatoms. The van der Waals surface area contributed by atoms with E-state index in [-0.39, 0.29) is 5.56 Å². The fraction of sp³-hybridized carbons (Fsp3) is 0.333. The van der Waals surface area contributed by atoms with Gasteiger partial charge in [0.25, 0.3) is 0 Å². The van der Waals surface area contributed by atoms with Gasteiger partial charge in [0.2, 0.25) is 0 Å². The van der Waals surface area contributed by atoms with Crippen molar-refractivity contribution in [3.8, 4) is 0 Å². The molecule has 2 heterocycles. The fourth-order valence-electron chi connectivity index (χ4n) is 3.90. The Hall–Kier alpha value is -2.46. The van der Waals surface area contributed by atoms with Crippen molar-refractivity contribution in [2.75, 3.05) is 13.1 Å². The molecule has 0 amide bonds. The van der Waals surface area contributed by atoms with Crippen LogP contribution in [0.4, 0.5) is 5.69 Å². The smallest absolute Gasteiger partial charge is 0.337 e. The molecule has 0 radical (unpaired) electrons. The van der Waals surface area contributed by atoms with Crippen molar-refractivity contribution in [3.63, 3.8) is 0 Å². The summed E-state index contributed by atoms with van der Waals surface area (Å²) in [5.74, 6) is -0.917. The topological polar surface area (TPSA) is 52.9 Å². The van der Waals surface area contributed by atoms with E-state index >= 15 is 0 Å². The summed E-state index contributed by atoms with van der Waals surface area (Å²) in [6.45, 7) is 5.52. The summed E-state index contributed by atoms with van der Waals surface area (Å²) in [6, 6.07) is 12.0. The predicted molar refractivity (Wildman–Crippen MR) is 99.0 cm³/mol. The molecule has 25 heavy (non-hydrogen) atoms. The Labute approximate surface area is 147 Å². The van der Waals surface area contributed by atoms with Crippen LogP contribution in [0, 0.1) is 6.92 Å². The van der Waals surface area contributed by atoms with Gasteiger partial charge in [-0.2, -0.15) is 0 Å². The van der Waals surface area contributed by atoms with Gasteiger partial charge in [0.1, 0.15) is 0 Å². The van der Waals surface area contributed by atoms with Crippen LogP contribution in [0.1, 0.15) is 45.5 Å². The second kappa shape index (κ2) is 6.45. The largest absolute Gasteiger partial charge is 0.478 e. The molecule has 0 aromatic heterocycles. The molecule has 2 aromatic carbocycles. The number of para-hydroxylation sites is 1. The Morgan fingerprint density at radius 3 is 2.72 bits per heavy atom. The van der Waals surface area contributed by atoms with Gasteiger partial charge in [0.05, 0.1) is 17.0 Å². The van der Waals surface area contributed by atoms with Gasteiger partial charge in [-0.3, -0.25) is 9.89 Å².